The number of carbonyl (C=O) groups is 1. The number of rotatable bonds is 6. The summed E-state index contributed by atoms with van der Waals surface area (Å²) in [5.74, 6) is -0.510. The summed E-state index contributed by atoms with van der Waals surface area (Å²) < 4.78 is 0. The van der Waals surface area contributed by atoms with Gasteiger partial charge in [-0.1, -0.05) is 25.8 Å². The molecule has 0 aromatic rings. The highest BCUT2D eigenvalue weighted by Crippen LogP contribution is 2.23. The molecule has 0 spiro atoms. The van der Waals surface area contributed by atoms with Gasteiger partial charge in [-0.2, -0.15) is 0 Å². The highest BCUT2D eigenvalue weighted by Gasteiger charge is 2.23. The molecule has 1 fully saturated rings. The maximum Gasteiger partial charge on any atom is 0.331 e. The fourth-order valence-electron chi connectivity index (χ4n) is 2.41. The van der Waals surface area contributed by atoms with E-state index < -0.39 is 5.97 Å². The molecule has 1 rings (SSSR count). The van der Waals surface area contributed by atoms with E-state index >= 15 is 0 Å². The van der Waals surface area contributed by atoms with Crippen molar-refractivity contribution in [1.82, 2.24) is 5.32 Å². The molecular weight excluding hydrogens is 218 g/mol. The molecule has 1 aliphatic carbocycles. The molecule has 1 saturated carbocycles. The first-order valence-electron chi connectivity index (χ1n) is 6.45. The molecule has 0 saturated heterocycles. The van der Waals surface area contributed by atoms with Gasteiger partial charge in [-0.3, -0.25) is 0 Å². The number of aliphatic hydroxyl groups excluding tert-OH is 1. The molecular formula is C13H23NO3. The Balaban J connectivity index is 2.40. The molecule has 2 atom stereocenters. The fraction of sp³-hybridized carbons (Fsp3) is 0.769. The van der Waals surface area contributed by atoms with Crippen LogP contribution in [0.1, 0.15) is 39.0 Å². The van der Waals surface area contributed by atoms with Crippen LogP contribution in [0.15, 0.2) is 11.6 Å². The predicted molar refractivity (Wildman–Crippen MR) is 66.8 cm³/mol. The van der Waals surface area contributed by atoms with Gasteiger partial charge in [0.2, 0.25) is 0 Å². The van der Waals surface area contributed by atoms with Crippen LogP contribution in [0, 0.1) is 5.92 Å². The molecule has 0 aromatic heterocycles. The van der Waals surface area contributed by atoms with Crippen molar-refractivity contribution in [3.63, 3.8) is 0 Å². The normalized spacial score (nSPS) is 25.9. The van der Waals surface area contributed by atoms with E-state index in [1.54, 1.807) is 6.08 Å². The zero-order valence-corrected chi connectivity index (χ0v) is 10.5. The number of hydrogen-bond acceptors (Lipinski definition) is 3. The average molecular weight is 241 g/mol. The number of carboxylic acids is 1. The second kappa shape index (κ2) is 7.45. The lowest BCUT2D eigenvalue weighted by molar-refractivity contribution is -0.132. The standard InChI is InChI=1S/C13H23NO3/c1-2-10(13(16)17)7-8-14-12-6-4-3-5-11(12)9-15/h7,11-12,14-15H,2-6,8-9H2,1H3,(H,16,17). The Kier molecular flexibility index (Phi) is 6.22. The number of aliphatic hydroxyl groups is 1. The third-order valence-corrected chi connectivity index (χ3v) is 3.53. The third-order valence-electron chi connectivity index (χ3n) is 3.53. The van der Waals surface area contributed by atoms with Crippen LogP contribution in [0.5, 0.6) is 0 Å². The molecule has 0 heterocycles. The fourth-order valence-corrected chi connectivity index (χ4v) is 2.41. The quantitative estimate of drug-likeness (QED) is 0.617. The molecule has 0 radical (unpaired) electrons. The van der Waals surface area contributed by atoms with E-state index in [9.17, 15) is 9.90 Å². The Bertz CT molecular complexity index is 276. The van der Waals surface area contributed by atoms with Gasteiger partial charge in [-0.25, -0.2) is 4.79 Å². The lowest BCUT2D eigenvalue weighted by atomic mass is 9.85. The number of carboxylic acid groups (broad SMARTS) is 1. The van der Waals surface area contributed by atoms with Crippen LogP contribution in [0.25, 0.3) is 0 Å². The van der Waals surface area contributed by atoms with Crippen molar-refractivity contribution in [1.29, 1.82) is 0 Å². The van der Waals surface area contributed by atoms with Gasteiger partial charge < -0.3 is 15.5 Å². The number of hydrogen-bond donors (Lipinski definition) is 3. The third kappa shape index (κ3) is 4.48. The summed E-state index contributed by atoms with van der Waals surface area (Å²) in [6, 6.07) is 0.330. The summed E-state index contributed by atoms with van der Waals surface area (Å²) in [7, 11) is 0. The van der Waals surface area contributed by atoms with Crippen LogP contribution < -0.4 is 5.32 Å². The van der Waals surface area contributed by atoms with Gasteiger partial charge >= 0.3 is 5.97 Å². The van der Waals surface area contributed by atoms with Gasteiger partial charge in [0.05, 0.1) is 0 Å². The number of nitrogens with one attached hydrogen (secondary N) is 1. The summed E-state index contributed by atoms with van der Waals surface area (Å²) in [6.07, 6.45) is 6.81. The number of aliphatic carboxylic acids is 1. The molecule has 4 heteroatoms. The first kappa shape index (κ1) is 14.2. The van der Waals surface area contributed by atoms with E-state index in [2.05, 4.69) is 5.32 Å². The molecule has 1 aliphatic rings. The van der Waals surface area contributed by atoms with Crippen LogP contribution in [-0.2, 0) is 4.79 Å². The maximum absolute atomic E-state index is 10.8. The Labute approximate surface area is 103 Å². The molecule has 4 nitrogen and oxygen atoms in total. The topological polar surface area (TPSA) is 69.6 Å². The van der Waals surface area contributed by atoms with Gasteiger partial charge in [0.1, 0.15) is 0 Å². The van der Waals surface area contributed by atoms with Crippen LogP contribution >= 0.6 is 0 Å². The Morgan fingerprint density at radius 1 is 1.41 bits per heavy atom. The predicted octanol–water partition coefficient (Wildman–Crippen LogP) is 1.55. The minimum atomic E-state index is -0.836. The highest BCUT2D eigenvalue weighted by molar-refractivity contribution is 5.86. The van der Waals surface area contributed by atoms with Crippen LogP contribution in [-0.4, -0.2) is 35.4 Å². The van der Waals surface area contributed by atoms with Crippen molar-refractivity contribution in [2.24, 2.45) is 5.92 Å². The van der Waals surface area contributed by atoms with Gasteiger partial charge in [0.25, 0.3) is 0 Å². The first-order valence-corrected chi connectivity index (χ1v) is 6.45. The summed E-state index contributed by atoms with van der Waals surface area (Å²) in [5, 5.41) is 21.5. The monoisotopic (exact) mass is 241 g/mol. The molecule has 2 unspecified atom stereocenters. The van der Waals surface area contributed by atoms with E-state index in [0.717, 1.165) is 12.8 Å². The first-order chi connectivity index (χ1) is 8.19. The highest BCUT2D eigenvalue weighted by atomic mass is 16.4. The minimum Gasteiger partial charge on any atom is -0.478 e. The molecule has 17 heavy (non-hydrogen) atoms. The van der Waals surface area contributed by atoms with Crippen molar-refractivity contribution in [3.05, 3.63) is 11.6 Å². The van der Waals surface area contributed by atoms with Crippen molar-refractivity contribution in [3.8, 4) is 0 Å². The van der Waals surface area contributed by atoms with E-state index in [-0.39, 0.29) is 6.61 Å². The van der Waals surface area contributed by atoms with Crippen molar-refractivity contribution in [2.45, 2.75) is 45.1 Å². The minimum absolute atomic E-state index is 0.223. The largest absolute Gasteiger partial charge is 0.478 e. The SMILES string of the molecule is CCC(=CCNC1CCCCC1CO)C(=O)O. The summed E-state index contributed by atoms with van der Waals surface area (Å²) in [4.78, 5) is 10.8. The van der Waals surface area contributed by atoms with Gasteiger partial charge in [0.15, 0.2) is 0 Å². The van der Waals surface area contributed by atoms with Gasteiger partial charge in [0, 0.05) is 24.8 Å². The zero-order chi connectivity index (χ0) is 12.7. The van der Waals surface area contributed by atoms with Crippen LogP contribution in [0.3, 0.4) is 0 Å². The van der Waals surface area contributed by atoms with E-state index in [1.165, 1.54) is 12.8 Å². The van der Waals surface area contributed by atoms with E-state index in [0.29, 0.717) is 30.5 Å². The van der Waals surface area contributed by atoms with Crippen molar-refractivity contribution < 1.29 is 15.0 Å². The molecule has 0 amide bonds. The zero-order valence-electron chi connectivity index (χ0n) is 10.5. The van der Waals surface area contributed by atoms with Crippen LogP contribution in [0.2, 0.25) is 0 Å². The summed E-state index contributed by atoms with van der Waals surface area (Å²) >= 11 is 0. The van der Waals surface area contributed by atoms with E-state index in [4.69, 9.17) is 5.11 Å². The lowest BCUT2D eigenvalue weighted by Gasteiger charge is -2.30. The van der Waals surface area contributed by atoms with Crippen molar-refractivity contribution in [2.75, 3.05) is 13.2 Å². The summed E-state index contributed by atoms with van der Waals surface area (Å²) in [6.45, 7) is 2.65. The molecule has 98 valence electrons. The Hall–Kier alpha value is -0.870. The summed E-state index contributed by atoms with van der Waals surface area (Å²) in [5.41, 5.74) is 0.453. The second-order valence-corrected chi connectivity index (χ2v) is 4.63. The maximum atomic E-state index is 10.8. The molecule has 3 N–H and O–H groups in total. The molecule has 0 aromatic carbocycles. The second-order valence-electron chi connectivity index (χ2n) is 4.63. The van der Waals surface area contributed by atoms with E-state index in [1.807, 2.05) is 6.92 Å². The Morgan fingerprint density at radius 3 is 2.71 bits per heavy atom. The van der Waals surface area contributed by atoms with Crippen LogP contribution in [0.4, 0.5) is 0 Å². The average Bonchev–Trinajstić information content (AvgIpc) is 2.34. The Morgan fingerprint density at radius 2 is 2.12 bits per heavy atom. The smallest absolute Gasteiger partial charge is 0.331 e. The molecule has 0 aliphatic heterocycles. The lowest BCUT2D eigenvalue weighted by Crippen LogP contribution is -2.40. The van der Waals surface area contributed by atoms with Gasteiger partial charge in [-0.15, -0.1) is 0 Å². The molecule has 0 bridgehead atoms. The van der Waals surface area contributed by atoms with Gasteiger partial charge in [-0.05, 0) is 25.2 Å². The van der Waals surface area contributed by atoms with Crippen molar-refractivity contribution >= 4 is 5.97 Å².